The summed E-state index contributed by atoms with van der Waals surface area (Å²) < 4.78 is 1.10. The van der Waals surface area contributed by atoms with Gasteiger partial charge in [-0.05, 0) is 31.2 Å². The Morgan fingerprint density at radius 3 is 2.45 bits per heavy atom. The van der Waals surface area contributed by atoms with E-state index in [1.807, 2.05) is 0 Å². The Kier molecular flexibility index (Phi) is 4.67. The Morgan fingerprint density at radius 1 is 1.14 bits per heavy atom. The summed E-state index contributed by atoms with van der Waals surface area (Å²) in [6, 6.07) is 8.85. The number of rotatable bonds is 4. The molecule has 2 N–H and O–H groups in total. The Morgan fingerprint density at radius 2 is 1.82 bits per heavy atom. The Balaban J connectivity index is 2.13. The standard InChI is InChI=1S/C15H16N4O3/c1-10(19-14(21)7-4-8-16-19)15(22)18-13-6-3-5-12(9-13)17-11(2)20/h3-10H,1-2H3,(H,17,20)(H,18,22). The third kappa shape index (κ3) is 3.78. The average Bonchev–Trinajstić information content (AvgIpc) is 2.46. The van der Waals surface area contributed by atoms with Crippen molar-refractivity contribution in [3.8, 4) is 0 Å². The van der Waals surface area contributed by atoms with E-state index in [-0.39, 0.29) is 17.4 Å². The molecule has 7 nitrogen and oxygen atoms in total. The lowest BCUT2D eigenvalue weighted by atomic mass is 10.2. The van der Waals surface area contributed by atoms with Crippen molar-refractivity contribution in [1.82, 2.24) is 9.78 Å². The molecule has 0 radical (unpaired) electrons. The summed E-state index contributed by atoms with van der Waals surface area (Å²) in [5.41, 5.74) is 0.747. The molecular formula is C15H16N4O3. The summed E-state index contributed by atoms with van der Waals surface area (Å²) >= 11 is 0. The molecule has 1 unspecified atom stereocenters. The molecule has 7 heteroatoms. The third-order valence-corrected chi connectivity index (χ3v) is 2.94. The van der Waals surface area contributed by atoms with Gasteiger partial charge < -0.3 is 10.6 Å². The fourth-order valence-electron chi connectivity index (χ4n) is 1.90. The van der Waals surface area contributed by atoms with Gasteiger partial charge in [0.25, 0.3) is 5.56 Å². The van der Waals surface area contributed by atoms with E-state index in [4.69, 9.17) is 0 Å². The van der Waals surface area contributed by atoms with Crippen LogP contribution in [0.4, 0.5) is 11.4 Å². The van der Waals surface area contributed by atoms with Crippen molar-refractivity contribution >= 4 is 23.2 Å². The SMILES string of the molecule is CC(=O)Nc1cccc(NC(=O)C(C)n2ncccc2=O)c1. The van der Waals surface area contributed by atoms with Crippen molar-refractivity contribution < 1.29 is 9.59 Å². The number of carbonyl (C=O) groups excluding carboxylic acids is 2. The molecule has 114 valence electrons. The highest BCUT2D eigenvalue weighted by atomic mass is 16.2. The maximum atomic E-state index is 12.2. The molecule has 2 rings (SSSR count). The molecule has 0 saturated heterocycles. The minimum Gasteiger partial charge on any atom is -0.326 e. The van der Waals surface area contributed by atoms with Crippen LogP contribution >= 0.6 is 0 Å². The van der Waals surface area contributed by atoms with Gasteiger partial charge in [-0.1, -0.05) is 6.07 Å². The summed E-state index contributed by atoms with van der Waals surface area (Å²) in [4.78, 5) is 34.9. The number of aromatic nitrogens is 2. The molecule has 0 aliphatic rings. The van der Waals surface area contributed by atoms with Crippen LogP contribution in [-0.4, -0.2) is 21.6 Å². The van der Waals surface area contributed by atoms with E-state index in [1.54, 1.807) is 31.2 Å². The fraction of sp³-hybridized carbons (Fsp3) is 0.200. The second-order valence-corrected chi connectivity index (χ2v) is 4.73. The Bertz CT molecular complexity index is 754. The number of amides is 2. The molecule has 0 aliphatic heterocycles. The van der Waals surface area contributed by atoms with Gasteiger partial charge >= 0.3 is 0 Å². The van der Waals surface area contributed by atoms with E-state index >= 15 is 0 Å². The highest BCUT2D eigenvalue weighted by molar-refractivity contribution is 5.95. The van der Waals surface area contributed by atoms with Crippen LogP contribution in [0.1, 0.15) is 19.9 Å². The zero-order valence-corrected chi connectivity index (χ0v) is 12.2. The lowest BCUT2D eigenvalue weighted by molar-refractivity contribution is -0.119. The van der Waals surface area contributed by atoms with Crippen LogP contribution in [0.2, 0.25) is 0 Å². The van der Waals surface area contributed by atoms with E-state index < -0.39 is 6.04 Å². The van der Waals surface area contributed by atoms with Gasteiger partial charge in [0, 0.05) is 30.6 Å². The van der Waals surface area contributed by atoms with Crippen LogP contribution in [-0.2, 0) is 9.59 Å². The van der Waals surface area contributed by atoms with Crippen molar-refractivity contribution in [2.24, 2.45) is 0 Å². The molecule has 1 aromatic heterocycles. The number of nitrogens with one attached hydrogen (secondary N) is 2. The maximum Gasteiger partial charge on any atom is 0.267 e. The van der Waals surface area contributed by atoms with Crippen molar-refractivity contribution in [1.29, 1.82) is 0 Å². The van der Waals surface area contributed by atoms with Crippen molar-refractivity contribution in [2.45, 2.75) is 19.9 Å². The smallest absolute Gasteiger partial charge is 0.267 e. The van der Waals surface area contributed by atoms with Crippen molar-refractivity contribution in [3.63, 3.8) is 0 Å². The second kappa shape index (κ2) is 6.66. The van der Waals surface area contributed by atoms with Crippen LogP contribution < -0.4 is 16.2 Å². The number of benzene rings is 1. The lowest BCUT2D eigenvalue weighted by Gasteiger charge is -2.14. The van der Waals surface area contributed by atoms with Crippen LogP contribution in [0.3, 0.4) is 0 Å². The van der Waals surface area contributed by atoms with Crippen molar-refractivity contribution in [3.05, 3.63) is 52.9 Å². The van der Waals surface area contributed by atoms with Crippen LogP contribution in [0.5, 0.6) is 0 Å². The quantitative estimate of drug-likeness (QED) is 0.892. The first-order valence-corrected chi connectivity index (χ1v) is 6.70. The van der Waals surface area contributed by atoms with E-state index in [1.165, 1.54) is 25.3 Å². The van der Waals surface area contributed by atoms with Crippen LogP contribution in [0.15, 0.2) is 47.4 Å². The first-order valence-electron chi connectivity index (χ1n) is 6.70. The van der Waals surface area contributed by atoms with Gasteiger partial charge in [-0.3, -0.25) is 14.4 Å². The molecule has 0 aliphatic carbocycles. The summed E-state index contributed by atoms with van der Waals surface area (Å²) in [6.45, 7) is 2.99. The molecule has 22 heavy (non-hydrogen) atoms. The largest absolute Gasteiger partial charge is 0.326 e. The van der Waals surface area contributed by atoms with Crippen LogP contribution in [0, 0.1) is 0 Å². The topological polar surface area (TPSA) is 93.1 Å². The summed E-state index contributed by atoms with van der Waals surface area (Å²) in [5.74, 6) is -0.572. The van der Waals surface area contributed by atoms with E-state index in [0.717, 1.165) is 4.68 Å². The average molecular weight is 300 g/mol. The second-order valence-electron chi connectivity index (χ2n) is 4.73. The van der Waals surface area contributed by atoms with Gasteiger partial charge in [-0.2, -0.15) is 5.10 Å². The number of hydrogen-bond acceptors (Lipinski definition) is 4. The number of hydrogen-bond donors (Lipinski definition) is 2. The lowest BCUT2D eigenvalue weighted by Crippen LogP contribution is -2.32. The predicted molar refractivity (Wildman–Crippen MR) is 82.6 cm³/mol. The zero-order chi connectivity index (χ0) is 16.1. The molecular weight excluding hydrogens is 284 g/mol. The maximum absolute atomic E-state index is 12.2. The highest BCUT2D eigenvalue weighted by Gasteiger charge is 2.17. The summed E-state index contributed by atoms with van der Waals surface area (Å²) in [5, 5.41) is 9.21. The molecule has 1 atom stereocenters. The predicted octanol–water partition coefficient (Wildman–Crippen LogP) is 1.40. The fourth-order valence-corrected chi connectivity index (χ4v) is 1.90. The van der Waals surface area contributed by atoms with Gasteiger partial charge in [-0.25, -0.2) is 4.68 Å². The molecule has 2 aromatic rings. The minimum absolute atomic E-state index is 0.197. The van der Waals surface area contributed by atoms with E-state index in [2.05, 4.69) is 15.7 Å². The monoisotopic (exact) mass is 300 g/mol. The molecule has 0 bridgehead atoms. The van der Waals surface area contributed by atoms with Crippen molar-refractivity contribution in [2.75, 3.05) is 10.6 Å². The van der Waals surface area contributed by atoms with Gasteiger partial charge in [0.15, 0.2) is 0 Å². The van der Waals surface area contributed by atoms with E-state index in [0.29, 0.717) is 11.4 Å². The normalized spacial score (nSPS) is 11.5. The first-order chi connectivity index (χ1) is 10.5. The molecule has 0 fully saturated rings. The molecule has 1 aromatic carbocycles. The molecule has 1 heterocycles. The number of anilines is 2. The Labute approximate surface area is 127 Å². The third-order valence-electron chi connectivity index (χ3n) is 2.94. The molecule has 2 amide bonds. The Hall–Kier alpha value is -2.96. The summed E-state index contributed by atoms with van der Waals surface area (Å²) in [6.07, 6.45) is 1.45. The molecule has 0 spiro atoms. The summed E-state index contributed by atoms with van der Waals surface area (Å²) in [7, 11) is 0. The molecule has 0 saturated carbocycles. The van der Waals surface area contributed by atoms with Crippen LogP contribution in [0.25, 0.3) is 0 Å². The zero-order valence-electron chi connectivity index (χ0n) is 12.2. The van der Waals surface area contributed by atoms with E-state index in [9.17, 15) is 14.4 Å². The van der Waals surface area contributed by atoms with Gasteiger partial charge in [0.05, 0.1) is 0 Å². The van der Waals surface area contributed by atoms with Gasteiger partial charge in [0.1, 0.15) is 6.04 Å². The number of nitrogens with zero attached hydrogens (tertiary/aromatic N) is 2. The van der Waals surface area contributed by atoms with Gasteiger partial charge in [-0.15, -0.1) is 0 Å². The highest BCUT2D eigenvalue weighted by Crippen LogP contribution is 2.16. The first kappa shape index (κ1) is 15.4. The number of carbonyl (C=O) groups is 2. The van der Waals surface area contributed by atoms with Gasteiger partial charge in [0.2, 0.25) is 11.8 Å². The minimum atomic E-state index is -0.752.